The lowest BCUT2D eigenvalue weighted by atomic mass is 10.3. The summed E-state index contributed by atoms with van der Waals surface area (Å²) in [5, 5.41) is 0. The molecule has 1 rings (SSSR count). The number of rotatable bonds is 3. The molecule has 0 aliphatic heterocycles. The topological polar surface area (TPSA) is 73.0 Å². The van der Waals surface area contributed by atoms with Gasteiger partial charge in [0.05, 0.1) is 5.69 Å². The summed E-state index contributed by atoms with van der Waals surface area (Å²) in [6, 6.07) is 1.87. The van der Waals surface area contributed by atoms with Crippen molar-refractivity contribution >= 4 is 19.7 Å². The third kappa shape index (κ3) is 2.83. The third-order valence-electron chi connectivity index (χ3n) is 1.63. The Bertz CT molecular complexity index is 464. The molecule has 15 heavy (non-hydrogen) atoms. The number of nitrogens with zero attached hydrogens (tertiary/aromatic N) is 1. The predicted molar refractivity (Wildman–Crippen MR) is 50.1 cm³/mol. The van der Waals surface area contributed by atoms with Gasteiger partial charge in [-0.3, -0.25) is 0 Å². The molecule has 0 spiro atoms. The van der Waals surface area contributed by atoms with Crippen LogP contribution in [-0.2, 0) is 15.6 Å². The van der Waals surface area contributed by atoms with Gasteiger partial charge in [0.1, 0.15) is 10.6 Å². The zero-order valence-corrected chi connectivity index (χ0v) is 8.89. The molecule has 0 bridgehead atoms. The highest BCUT2D eigenvalue weighted by molar-refractivity contribution is 8.13. The van der Waals surface area contributed by atoms with Crippen molar-refractivity contribution in [1.29, 1.82) is 0 Å². The summed E-state index contributed by atoms with van der Waals surface area (Å²) in [6.07, 6.45) is -2.78. The standard InChI is InChI=1S/C7H7ClF2N2O2S/c8-15(13,14)6-2-1-4(7(9)10)12-5(6)3-11/h1-2,7H,3,11H2. The molecule has 8 heteroatoms. The van der Waals surface area contributed by atoms with Crippen molar-refractivity contribution in [3.63, 3.8) is 0 Å². The van der Waals surface area contributed by atoms with Crippen molar-refractivity contribution in [1.82, 2.24) is 4.98 Å². The summed E-state index contributed by atoms with van der Waals surface area (Å²) in [6.45, 7) is -0.276. The smallest absolute Gasteiger partial charge is 0.280 e. The second-order valence-electron chi connectivity index (χ2n) is 2.62. The summed E-state index contributed by atoms with van der Waals surface area (Å²) in [5.74, 6) is 0. The van der Waals surface area contributed by atoms with E-state index < -0.39 is 21.2 Å². The van der Waals surface area contributed by atoms with Gasteiger partial charge in [-0.2, -0.15) is 0 Å². The van der Waals surface area contributed by atoms with Gasteiger partial charge in [-0.1, -0.05) is 0 Å². The van der Waals surface area contributed by atoms with Gasteiger partial charge in [0.2, 0.25) is 0 Å². The predicted octanol–water partition coefficient (Wildman–Crippen LogP) is 1.41. The average Bonchev–Trinajstić information content (AvgIpc) is 2.15. The molecule has 0 aliphatic rings. The van der Waals surface area contributed by atoms with Gasteiger partial charge < -0.3 is 5.73 Å². The Morgan fingerprint density at radius 1 is 1.47 bits per heavy atom. The summed E-state index contributed by atoms with van der Waals surface area (Å²) in [4.78, 5) is 3.08. The molecule has 0 radical (unpaired) electrons. The van der Waals surface area contributed by atoms with Crippen LogP contribution in [0.2, 0.25) is 0 Å². The van der Waals surface area contributed by atoms with Crippen LogP contribution in [-0.4, -0.2) is 13.4 Å². The SMILES string of the molecule is NCc1nc(C(F)F)ccc1S(=O)(=O)Cl. The van der Waals surface area contributed by atoms with Crippen molar-refractivity contribution < 1.29 is 17.2 Å². The number of nitrogens with two attached hydrogens (primary N) is 1. The molecule has 1 heterocycles. The first-order chi connectivity index (χ1) is 6.86. The summed E-state index contributed by atoms with van der Waals surface area (Å²) < 4.78 is 46.4. The lowest BCUT2D eigenvalue weighted by Crippen LogP contribution is -2.08. The molecule has 1 aromatic heterocycles. The Hall–Kier alpha value is -0.790. The van der Waals surface area contributed by atoms with E-state index in [4.69, 9.17) is 16.4 Å². The largest absolute Gasteiger partial charge is 0.325 e. The molecule has 2 N–H and O–H groups in total. The van der Waals surface area contributed by atoms with Crippen molar-refractivity contribution in [2.24, 2.45) is 5.73 Å². The fourth-order valence-corrected chi connectivity index (χ4v) is 2.06. The Kier molecular flexibility index (Phi) is 3.58. The van der Waals surface area contributed by atoms with E-state index in [1.807, 2.05) is 0 Å². The first-order valence-electron chi connectivity index (χ1n) is 3.79. The van der Waals surface area contributed by atoms with Crippen molar-refractivity contribution in [3.8, 4) is 0 Å². The minimum absolute atomic E-state index is 0.164. The summed E-state index contributed by atoms with van der Waals surface area (Å²) in [7, 11) is 1.06. The lowest BCUT2D eigenvalue weighted by molar-refractivity contribution is 0.145. The molecular weight excluding hydrogens is 250 g/mol. The third-order valence-corrected chi connectivity index (χ3v) is 3.03. The first kappa shape index (κ1) is 12.3. The zero-order chi connectivity index (χ0) is 11.6. The van der Waals surface area contributed by atoms with Crippen molar-refractivity contribution in [3.05, 3.63) is 23.5 Å². The highest BCUT2D eigenvalue weighted by Crippen LogP contribution is 2.22. The van der Waals surface area contributed by atoms with Gasteiger partial charge in [0.25, 0.3) is 15.5 Å². The van der Waals surface area contributed by atoms with Crippen LogP contribution in [0.3, 0.4) is 0 Å². The molecular formula is C7H7ClF2N2O2S. The van der Waals surface area contributed by atoms with Crippen LogP contribution in [0, 0.1) is 0 Å². The Balaban J connectivity index is 3.34. The second kappa shape index (κ2) is 4.38. The quantitative estimate of drug-likeness (QED) is 0.830. The van der Waals surface area contributed by atoms with Crippen LogP contribution in [0.25, 0.3) is 0 Å². The van der Waals surface area contributed by atoms with Gasteiger partial charge in [0.15, 0.2) is 0 Å². The molecule has 0 saturated carbocycles. The molecule has 84 valence electrons. The van der Waals surface area contributed by atoms with E-state index in [9.17, 15) is 17.2 Å². The van der Waals surface area contributed by atoms with E-state index in [0.717, 1.165) is 12.1 Å². The Morgan fingerprint density at radius 3 is 2.47 bits per heavy atom. The van der Waals surface area contributed by atoms with Crippen LogP contribution < -0.4 is 5.73 Å². The number of aromatic nitrogens is 1. The van der Waals surface area contributed by atoms with E-state index >= 15 is 0 Å². The maximum atomic E-state index is 12.2. The molecule has 0 aliphatic carbocycles. The van der Waals surface area contributed by atoms with Crippen LogP contribution >= 0.6 is 10.7 Å². The number of hydrogen-bond donors (Lipinski definition) is 1. The maximum Gasteiger partial charge on any atom is 0.280 e. The normalized spacial score (nSPS) is 12.1. The number of halogens is 3. The maximum absolute atomic E-state index is 12.2. The summed E-state index contributed by atoms with van der Waals surface area (Å²) >= 11 is 0. The average molecular weight is 257 g/mol. The molecule has 4 nitrogen and oxygen atoms in total. The second-order valence-corrected chi connectivity index (χ2v) is 5.16. The van der Waals surface area contributed by atoms with Gasteiger partial charge >= 0.3 is 0 Å². The fourth-order valence-electron chi connectivity index (χ4n) is 0.995. The molecule has 0 fully saturated rings. The molecule has 0 unspecified atom stereocenters. The van der Waals surface area contributed by atoms with E-state index in [0.29, 0.717) is 0 Å². The van der Waals surface area contributed by atoms with Crippen LogP contribution in [0.4, 0.5) is 8.78 Å². The van der Waals surface area contributed by atoms with Gasteiger partial charge in [0, 0.05) is 17.2 Å². The lowest BCUT2D eigenvalue weighted by Gasteiger charge is -2.05. The fraction of sp³-hybridized carbons (Fsp3) is 0.286. The van der Waals surface area contributed by atoms with Crippen molar-refractivity contribution in [2.45, 2.75) is 17.9 Å². The van der Waals surface area contributed by atoms with Gasteiger partial charge in [-0.25, -0.2) is 22.2 Å². The minimum Gasteiger partial charge on any atom is -0.325 e. The van der Waals surface area contributed by atoms with Crippen LogP contribution in [0.15, 0.2) is 17.0 Å². The molecule has 0 saturated heterocycles. The highest BCUT2D eigenvalue weighted by Gasteiger charge is 2.18. The monoisotopic (exact) mass is 256 g/mol. The van der Waals surface area contributed by atoms with E-state index in [2.05, 4.69) is 4.98 Å². The van der Waals surface area contributed by atoms with Gasteiger partial charge in [-0.15, -0.1) is 0 Å². The highest BCUT2D eigenvalue weighted by atomic mass is 35.7. The number of hydrogen-bond acceptors (Lipinski definition) is 4. The van der Waals surface area contributed by atoms with E-state index in [1.54, 1.807) is 0 Å². The molecule has 0 amide bonds. The Labute approximate surface area is 89.5 Å². The van der Waals surface area contributed by atoms with Gasteiger partial charge in [-0.05, 0) is 12.1 Å². The summed E-state index contributed by atoms with van der Waals surface area (Å²) in [5.41, 5.74) is 4.49. The van der Waals surface area contributed by atoms with E-state index in [-0.39, 0.29) is 17.1 Å². The minimum atomic E-state index is -4.00. The molecule has 0 aromatic carbocycles. The number of pyridine rings is 1. The molecule has 0 atom stereocenters. The zero-order valence-electron chi connectivity index (χ0n) is 7.32. The Morgan fingerprint density at radius 2 is 2.07 bits per heavy atom. The van der Waals surface area contributed by atoms with Crippen LogP contribution in [0.5, 0.6) is 0 Å². The van der Waals surface area contributed by atoms with Crippen molar-refractivity contribution in [2.75, 3.05) is 0 Å². The number of alkyl halides is 2. The molecule has 1 aromatic rings. The van der Waals surface area contributed by atoms with E-state index in [1.165, 1.54) is 0 Å². The first-order valence-corrected chi connectivity index (χ1v) is 6.10. The van der Waals surface area contributed by atoms with Crippen LogP contribution in [0.1, 0.15) is 17.8 Å².